The number of thiol groups is 1. The maximum absolute atomic E-state index is 13.1. The second kappa shape index (κ2) is 59.0. The van der Waals surface area contributed by atoms with Gasteiger partial charge in [-0.15, -0.1) is 36.2 Å². The number of nitrogens with two attached hydrogens (primary N) is 2. The molecule has 0 bridgehead atoms. The van der Waals surface area contributed by atoms with E-state index >= 15 is 0 Å². The van der Waals surface area contributed by atoms with E-state index in [2.05, 4.69) is 88.2 Å². The van der Waals surface area contributed by atoms with Crippen LogP contribution in [0.1, 0.15) is 134 Å². The number of ether oxygens (including phenoxy) is 1. The molecule has 9 N–H and O–H groups in total. The van der Waals surface area contributed by atoms with E-state index in [4.69, 9.17) is 133 Å². The van der Waals surface area contributed by atoms with Gasteiger partial charge in [0.2, 0.25) is 21.8 Å². The summed E-state index contributed by atoms with van der Waals surface area (Å²) in [7, 11) is -11.7. The average Bonchev–Trinajstić information content (AvgIpc) is 0.782. The van der Waals surface area contributed by atoms with Crippen molar-refractivity contribution in [3.8, 4) is 5.75 Å². The fourth-order valence-electron chi connectivity index (χ4n) is 9.64. The number of nitrogens with zero attached hydrogens (tertiary/aromatic N) is 8. The number of carbonyl (C=O) groups excluding carboxylic acids is 1. The number of piperidine rings is 1. The van der Waals surface area contributed by atoms with Crippen molar-refractivity contribution in [3.05, 3.63) is 240 Å². The molecule has 0 radical (unpaired) electrons. The minimum atomic E-state index is -4.04. The van der Waals surface area contributed by atoms with Gasteiger partial charge in [0.05, 0.1) is 92.6 Å². The van der Waals surface area contributed by atoms with Crippen LogP contribution < -0.4 is 186 Å². The number of thioether (sulfide) groups is 2. The third kappa shape index (κ3) is 40.5. The molecule has 0 unspecified atom stereocenters. The molecule has 1 aliphatic heterocycles. The monoisotopic (exact) mass is 2240 g/mol. The molecular weight excluding hydrogens is 2140 g/mol. The summed E-state index contributed by atoms with van der Waals surface area (Å²) in [6, 6.07) is 44.9. The molecule has 1 aliphatic rings. The molecule has 126 heavy (non-hydrogen) atoms. The molecule has 42 heteroatoms. The third-order valence-electron chi connectivity index (χ3n) is 15.3. The predicted octanol–water partition coefficient (Wildman–Crippen LogP) is 16.5. The number of hydrogen-bond acceptors (Lipinski definition) is 29. The summed E-state index contributed by atoms with van der Waals surface area (Å²) in [5, 5.41) is 19.6. The van der Waals surface area contributed by atoms with Gasteiger partial charge in [-0.2, -0.15) is 23.4 Å². The number of aromatic nitrogens is 8. The van der Waals surface area contributed by atoms with Gasteiger partial charge >= 0.3 is 138 Å². The number of nitrogen functional groups attached to an aromatic ring is 2. The zero-order valence-electron chi connectivity index (χ0n) is 82.1. The first kappa shape index (κ1) is 99.6. The van der Waals surface area contributed by atoms with Crippen LogP contribution in [0, 0.1) is 13.8 Å². The van der Waals surface area contributed by atoms with E-state index in [0.717, 1.165) is 42.9 Å². The number of para-hydroxylation sites is 5. The molecule has 0 atom stereocenters. The number of rotatable bonds is 23. The largest absolute Gasteiger partial charge is 1.00 e. The normalized spacial score (nSPS) is 14.1. The Morgan fingerprint density at radius 2 is 0.944 bits per heavy atom. The molecule has 0 spiro atoms. The molecule has 0 aliphatic carbocycles. The molecular formula is C84H99Cl8Cs2N15O11S6. The molecule has 26 nitrogen and oxygen atoms in total. The summed E-state index contributed by atoms with van der Waals surface area (Å²) in [6.07, 6.45) is 2.73. The summed E-state index contributed by atoms with van der Waals surface area (Å²) < 4.78 is 165. The van der Waals surface area contributed by atoms with E-state index in [1.54, 1.807) is 74.5 Å². The van der Waals surface area contributed by atoms with Gasteiger partial charge in [0, 0.05) is 47.5 Å². The van der Waals surface area contributed by atoms with Gasteiger partial charge < -0.3 is 54.4 Å². The first-order chi connectivity index (χ1) is 61.7. The number of sulfone groups is 2. The molecule has 0 saturated carbocycles. The molecule has 1 saturated heterocycles. The second-order valence-electron chi connectivity index (χ2n) is 26.5. The summed E-state index contributed by atoms with van der Waals surface area (Å²) in [5.41, 5.74) is 16.7. The smallest absolute Gasteiger partial charge is 1.00 e. The van der Waals surface area contributed by atoms with E-state index < -0.39 is 81.8 Å². The Labute approximate surface area is 926 Å². The van der Waals surface area contributed by atoms with Crippen LogP contribution in [0.15, 0.2) is 212 Å². The van der Waals surface area contributed by atoms with Crippen LogP contribution in [0.2, 0.25) is 41.1 Å². The number of aryl methyl sites for hydroxylation is 2. The van der Waals surface area contributed by atoms with Gasteiger partial charge in [-0.25, -0.2) is 41.8 Å². The van der Waals surface area contributed by atoms with Crippen molar-refractivity contribution in [2.24, 2.45) is 0 Å². The fraction of sp³-hybridized carbons (Fsp3) is 0.298. The van der Waals surface area contributed by atoms with Crippen molar-refractivity contribution < 1.29 is 202 Å². The Balaban J connectivity index is 0.000000579. The average molecular weight is 2250 g/mol. The molecule has 7 aromatic carbocycles. The van der Waals surface area contributed by atoms with Crippen molar-refractivity contribution in [2.75, 3.05) is 45.7 Å². The Morgan fingerprint density at radius 3 is 1.37 bits per heavy atom. The molecule has 4 aromatic heterocycles. The summed E-state index contributed by atoms with van der Waals surface area (Å²) >= 11 is 53.1. The van der Waals surface area contributed by atoms with E-state index in [0.29, 0.717) is 27.1 Å². The maximum Gasteiger partial charge on any atom is 1.00 e. The molecule has 670 valence electrons. The van der Waals surface area contributed by atoms with Gasteiger partial charge in [-0.3, -0.25) is 8.98 Å². The Morgan fingerprint density at radius 1 is 0.532 bits per heavy atom. The second-order valence-corrected chi connectivity index (χ2v) is 39.0. The van der Waals surface area contributed by atoms with E-state index in [1.807, 2.05) is 114 Å². The zero-order chi connectivity index (χ0) is 101. The number of hydrogen-bond donors (Lipinski definition) is 8. The standard InChI is InChI=1S/C28H36ClN5O3S.C13H13Cl2N3O2S.C13H13Cl2N3S.C10H14O3S.C9H13NS.C6H7NS.C4HCl3N2.CH2O3.2Cs.H/c1-17(2)37-25-15-21(20-10-12-30-13-11-20)19(5)14-24(25)33-28-31-16-22(29)27(34-28)32-23-8-6-7-9-26(23)38(35,36)18(3)4;1-8(2)21(19,20)11-6-4-3-5-10(11)17-12-9(14)7-16-13(15)18-12;1-8(2)19-11-6-4-3-5-10(11)17-12-9(14)7-16-13(15)18-12;1-8(2)13-14(11,12)10-6-4-9(3)5-7-10;1-7(2)11-9-6-4-3-5-8(9)10;7-5-3-1-2-4-6(5)8;5-2-1-8-4(7)9-3(2)6;2-1-4-3;;;/h6-9,14-18,20,30H,10-13H2,1-5H3,(H2,31,32,33,34);3-8H,1-2H3,(H,16,17,18);3-8H,1-2H3,(H,16,17,18);4-8H,1-3H3;3-7H,10H2,1-2H3;1-4,8H,7H2;1H;1,3H;;;/q;;;;;;;;2*+1;-1/p-1/i12D2,13D2,17D,18D;3*8D;7D;;;;;;. The van der Waals surface area contributed by atoms with Crippen molar-refractivity contribution >= 4 is 223 Å². The maximum atomic E-state index is 13.1. The number of halogens is 8. The van der Waals surface area contributed by atoms with Gasteiger partial charge in [0.15, 0.2) is 42.3 Å². The van der Waals surface area contributed by atoms with Crippen LogP contribution >= 0.6 is 129 Å². The molecule has 1 fully saturated rings. The fourth-order valence-corrected chi connectivity index (χ4v) is 15.7. The molecule has 0 amide bonds. The van der Waals surface area contributed by atoms with E-state index in [1.165, 1.54) is 114 Å². The van der Waals surface area contributed by atoms with E-state index in [-0.39, 0.29) is 239 Å². The van der Waals surface area contributed by atoms with Crippen LogP contribution in [-0.4, -0.2) is 118 Å². The predicted molar refractivity (Wildman–Crippen MR) is 511 cm³/mol. The van der Waals surface area contributed by atoms with Crippen LogP contribution in [0.25, 0.3) is 0 Å². The van der Waals surface area contributed by atoms with Crippen molar-refractivity contribution in [3.63, 3.8) is 0 Å². The molecule has 5 heterocycles. The first-order valence-corrected chi connectivity index (χ1v) is 45.8. The van der Waals surface area contributed by atoms with Crippen molar-refractivity contribution in [1.82, 2.24) is 45.2 Å². The minimum Gasteiger partial charge on any atom is -1.00 e. The third-order valence-corrected chi connectivity index (χ3v) is 25.1. The topological polar surface area (TPSA) is 386 Å². The number of carbonyl (C=O) groups is 1. The minimum absolute atomic E-state index is 0. The first-order valence-electron chi connectivity index (χ1n) is 41.4. The molecule has 12 rings (SSSR count). The van der Waals surface area contributed by atoms with E-state index in [9.17, 15) is 25.3 Å². The van der Waals surface area contributed by atoms with Crippen LogP contribution in [-0.2, 0) is 43.7 Å². The summed E-state index contributed by atoms with van der Waals surface area (Å²) in [5.74, 6) is 0.610. The molecule has 11 aromatic rings. The van der Waals surface area contributed by atoms with Gasteiger partial charge in [-0.05, 0) is 232 Å². The zero-order valence-corrected chi connectivity index (χ0v) is 94.7. The summed E-state index contributed by atoms with van der Waals surface area (Å²) in [6.45, 7) is 18.1. The van der Waals surface area contributed by atoms with Crippen molar-refractivity contribution in [1.29, 1.82) is 0 Å². The SMILES string of the molecule is Clc1ncc(Cl)c(Cl)n1.Nc1ccccc1S.O=CO[O-].[2H]C(C)(C)OS(=O)(=O)c1ccc(C)cc1.[2H]C(C)(C)S(=O)(=O)c1ccccc1Nc1nc(Cl)ncc1Cl.[2H]C(C)(C)Sc1ccccc1N.[2H]C(C)(C)Sc1ccccc1Nc1nc(Cl)ncc1Cl.[2H]C1([2H])CC(c2cc(OC([2H])(C)C)c(Nc3ncc(Cl)c(Nc4ccccc4S(=O)(=O)C([2H])(C)C)n3)cc2C)CC([2H])([2H])N1.[Cs+].[Cs+].[H-]. The number of anilines is 10. The van der Waals surface area contributed by atoms with Crippen LogP contribution in [0.5, 0.6) is 5.75 Å². The van der Waals surface area contributed by atoms with Gasteiger partial charge in [0.1, 0.15) is 20.8 Å². The van der Waals surface area contributed by atoms with Crippen LogP contribution in [0.3, 0.4) is 0 Å². The Hall–Kier alpha value is -3.87. The van der Waals surface area contributed by atoms with Crippen molar-refractivity contribution in [2.45, 2.75) is 178 Å². The number of nitrogens with one attached hydrogen (secondary N) is 5. The quantitative estimate of drug-likeness (QED) is 0.00339. The van der Waals surface area contributed by atoms with Gasteiger partial charge in [-0.1, -0.05) is 164 Å². The Kier molecular flexibility index (Phi) is 46.6. The Bertz CT molecular complexity index is 6150. The number of benzene rings is 7. The van der Waals surface area contributed by atoms with Crippen LogP contribution in [0.4, 0.5) is 57.5 Å². The summed E-state index contributed by atoms with van der Waals surface area (Å²) in [4.78, 5) is 45.4. The van der Waals surface area contributed by atoms with Gasteiger partial charge in [0.25, 0.3) is 16.6 Å².